The number of nitrogens with zero attached hydrogens (tertiary/aromatic N) is 1. The van der Waals surface area contributed by atoms with E-state index in [0.717, 1.165) is 4.31 Å². The summed E-state index contributed by atoms with van der Waals surface area (Å²) in [6.07, 6.45) is -0.0604. The third-order valence-corrected chi connectivity index (χ3v) is 6.07. The molecule has 7 nitrogen and oxygen atoms in total. The van der Waals surface area contributed by atoms with Crippen molar-refractivity contribution in [1.29, 1.82) is 0 Å². The average Bonchev–Trinajstić information content (AvgIpc) is 2.83. The molecular formula is C20H22N2O5S. The molecule has 0 aliphatic carbocycles. The van der Waals surface area contributed by atoms with E-state index < -0.39 is 27.8 Å². The van der Waals surface area contributed by atoms with Gasteiger partial charge in [-0.1, -0.05) is 25.1 Å². The molecule has 0 radical (unpaired) electrons. The summed E-state index contributed by atoms with van der Waals surface area (Å²) in [7, 11) is -3.73. The van der Waals surface area contributed by atoms with E-state index in [9.17, 15) is 18.0 Å². The van der Waals surface area contributed by atoms with Gasteiger partial charge in [-0.3, -0.25) is 9.59 Å². The first kappa shape index (κ1) is 19.9. The summed E-state index contributed by atoms with van der Waals surface area (Å²) < 4.78 is 31.1. The van der Waals surface area contributed by atoms with Crippen LogP contribution in [0.3, 0.4) is 0 Å². The van der Waals surface area contributed by atoms with Gasteiger partial charge in [0.05, 0.1) is 29.1 Å². The molecular weight excluding hydrogens is 380 g/mol. The van der Waals surface area contributed by atoms with Crippen LogP contribution in [0.1, 0.15) is 31.1 Å². The largest absolute Gasteiger partial charge is 0.489 e. The second-order valence-corrected chi connectivity index (χ2v) is 8.81. The van der Waals surface area contributed by atoms with E-state index in [4.69, 9.17) is 4.74 Å². The molecule has 3 rings (SSSR count). The van der Waals surface area contributed by atoms with Crippen LogP contribution in [0.4, 0.5) is 11.4 Å². The van der Waals surface area contributed by atoms with Gasteiger partial charge in [0, 0.05) is 5.56 Å². The second kappa shape index (κ2) is 7.63. The standard InChI is InChI=1S/C20H22N2O5S/c1-13(2)27-18-10-5-4-9-17(18)21-19(23)15-7-6-8-16(11-15)22-20(24)14(3)12-28(22,25)26/h4-11,13-14H,12H2,1-3H3,(H,21,23). The SMILES string of the molecule is CC(C)Oc1ccccc1NC(=O)c1cccc(N2C(=O)C(C)CS2(=O)=O)c1. The first-order valence-corrected chi connectivity index (χ1v) is 10.5. The molecule has 28 heavy (non-hydrogen) atoms. The smallest absolute Gasteiger partial charge is 0.255 e. The molecule has 0 aromatic heterocycles. The minimum Gasteiger partial charge on any atom is -0.489 e. The van der Waals surface area contributed by atoms with Crippen molar-refractivity contribution in [2.75, 3.05) is 15.4 Å². The van der Waals surface area contributed by atoms with E-state index in [1.807, 2.05) is 13.8 Å². The van der Waals surface area contributed by atoms with Gasteiger partial charge in [0.2, 0.25) is 15.9 Å². The minimum absolute atomic E-state index is 0.0604. The van der Waals surface area contributed by atoms with Gasteiger partial charge in [0.25, 0.3) is 5.91 Å². The Balaban J connectivity index is 1.87. The van der Waals surface area contributed by atoms with Crippen LogP contribution >= 0.6 is 0 Å². The topological polar surface area (TPSA) is 92.8 Å². The maximum Gasteiger partial charge on any atom is 0.255 e. The number of hydrogen-bond donors (Lipinski definition) is 1. The van der Waals surface area contributed by atoms with Gasteiger partial charge in [0.1, 0.15) is 5.75 Å². The molecule has 0 spiro atoms. The van der Waals surface area contributed by atoms with E-state index in [2.05, 4.69) is 5.32 Å². The summed E-state index contributed by atoms with van der Waals surface area (Å²) in [4.78, 5) is 25.0. The predicted octanol–water partition coefficient (Wildman–Crippen LogP) is 3.04. The van der Waals surface area contributed by atoms with E-state index in [0.29, 0.717) is 11.4 Å². The molecule has 1 aliphatic heterocycles. The second-order valence-electron chi connectivity index (χ2n) is 6.95. The number of rotatable bonds is 5. The lowest BCUT2D eigenvalue weighted by molar-refractivity contribution is -0.119. The predicted molar refractivity (Wildman–Crippen MR) is 107 cm³/mol. The van der Waals surface area contributed by atoms with Crippen molar-refractivity contribution in [2.45, 2.75) is 26.9 Å². The first-order valence-electron chi connectivity index (χ1n) is 8.93. The van der Waals surface area contributed by atoms with Crippen LogP contribution < -0.4 is 14.4 Å². The van der Waals surface area contributed by atoms with Gasteiger partial charge in [0.15, 0.2) is 0 Å². The van der Waals surface area contributed by atoms with Crippen molar-refractivity contribution in [3.05, 3.63) is 54.1 Å². The zero-order chi connectivity index (χ0) is 20.5. The van der Waals surface area contributed by atoms with Crippen molar-refractivity contribution in [1.82, 2.24) is 0 Å². The van der Waals surface area contributed by atoms with Crippen molar-refractivity contribution >= 4 is 33.2 Å². The summed E-state index contributed by atoms with van der Waals surface area (Å²) in [5, 5.41) is 2.77. The molecule has 2 aromatic carbocycles. The summed E-state index contributed by atoms with van der Waals surface area (Å²) in [5.74, 6) is -1.23. The lowest BCUT2D eigenvalue weighted by atomic mass is 10.1. The molecule has 2 amide bonds. The van der Waals surface area contributed by atoms with Crippen LogP contribution in [0.25, 0.3) is 0 Å². The number of benzene rings is 2. The first-order chi connectivity index (χ1) is 13.2. The molecule has 1 aliphatic rings. The monoisotopic (exact) mass is 402 g/mol. The number of anilines is 2. The summed E-state index contributed by atoms with van der Waals surface area (Å²) in [5.41, 5.74) is 0.901. The van der Waals surface area contributed by atoms with Crippen molar-refractivity contribution in [3.63, 3.8) is 0 Å². The number of carbonyl (C=O) groups is 2. The average molecular weight is 402 g/mol. The fourth-order valence-corrected chi connectivity index (χ4v) is 4.79. The molecule has 1 N–H and O–H groups in total. The molecule has 1 fully saturated rings. The van der Waals surface area contributed by atoms with Crippen molar-refractivity contribution in [3.8, 4) is 5.75 Å². The molecule has 1 unspecified atom stereocenters. The number of ether oxygens (including phenoxy) is 1. The Morgan fingerprint density at radius 1 is 1.18 bits per heavy atom. The van der Waals surface area contributed by atoms with Crippen LogP contribution in [0.5, 0.6) is 5.75 Å². The Bertz CT molecular complexity index is 1020. The van der Waals surface area contributed by atoms with E-state index in [-0.39, 0.29) is 23.1 Å². The van der Waals surface area contributed by atoms with E-state index in [1.54, 1.807) is 43.3 Å². The zero-order valence-corrected chi connectivity index (χ0v) is 16.7. The van der Waals surface area contributed by atoms with Crippen LogP contribution in [0.2, 0.25) is 0 Å². The summed E-state index contributed by atoms with van der Waals surface area (Å²) >= 11 is 0. The molecule has 1 saturated heterocycles. The maximum atomic E-state index is 12.7. The Kier molecular flexibility index (Phi) is 5.42. The molecule has 1 atom stereocenters. The number of carbonyl (C=O) groups excluding carboxylic acids is 2. The lowest BCUT2D eigenvalue weighted by Gasteiger charge is -2.17. The molecule has 1 heterocycles. The van der Waals surface area contributed by atoms with E-state index >= 15 is 0 Å². The van der Waals surface area contributed by atoms with Gasteiger partial charge >= 0.3 is 0 Å². The van der Waals surface area contributed by atoms with E-state index in [1.165, 1.54) is 12.1 Å². The van der Waals surface area contributed by atoms with Gasteiger partial charge in [-0.15, -0.1) is 0 Å². The molecule has 0 bridgehead atoms. The Hall–Kier alpha value is -2.87. The lowest BCUT2D eigenvalue weighted by Crippen LogP contribution is -2.30. The number of hydrogen-bond acceptors (Lipinski definition) is 5. The third kappa shape index (κ3) is 4.01. The van der Waals surface area contributed by atoms with Gasteiger partial charge in [-0.2, -0.15) is 0 Å². The Morgan fingerprint density at radius 2 is 1.89 bits per heavy atom. The Labute approximate surface area is 164 Å². The Morgan fingerprint density at radius 3 is 2.54 bits per heavy atom. The van der Waals surface area contributed by atoms with Crippen molar-refractivity contribution < 1.29 is 22.7 Å². The number of amides is 2. The molecule has 8 heteroatoms. The molecule has 2 aromatic rings. The third-order valence-electron chi connectivity index (χ3n) is 4.20. The normalized spacial score (nSPS) is 18.4. The quantitative estimate of drug-likeness (QED) is 0.830. The number of nitrogens with one attached hydrogen (secondary N) is 1. The highest BCUT2D eigenvalue weighted by Gasteiger charge is 2.42. The summed E-state index contributed by atoms with van der Waals surface area (Å²) in [6.45, 7) is 5.34. The van der Waals surface area contributed by atoms with Crippen LogP contribution in [-0.2, 0) is 14.8 Å². The highest BCUT2D eigenvalue weighted by atomic mass is 32.2. The summed E-state index contributed by atoms with van der Waals surface area (Å²) in [6, 6.07) is 13.1. The fourth-order valence-electron chi connectivity index (χ4n) is 2.98. The van der Waals surface area contributed by atoms with Crippen LogP contribution in [0.15, 0.2) is 48.5 Å². The van der Waals surface area contributed by atoms with Gasteiger partial charge in [-0.25, -0.2) is 12.7 Å². The minimum atomic E-state index is -3.73. The zero-order valence-electron chi connectivity index (χ0n) is 15.9. The number of sulfonamides is 1. The van der Waals surface area contributed by atoms with Crippen LogP contribution in [-0.4, -0.2) is 32.1 Å². The van der Waals surface area contributed by atoms with Gasteiger partial charge < -0.3 is 10.1 Å². The van der Waals surface area contributed by atoms with Gasteiger partial charge in [-0.05, 0) is 44.2 Å². The molecule has 148 valence electrons. The fraction of sp³-hybridized carbons (Fsp3) is 0.300. The maximum absolute atomic E-state index is 12.7. The highest BCUT2D eigenvalue weighted by Crippen LogP contribution is 2.30. The molecule has 0 saturated carbocycles. The highest BCUT2D eigenvalue weighted by molar-refractivity contribution is 7.94. The van der Waals surface area contributed by atoms with Crippen molar-refractivity contribution in [2.24, 2.45) is 5.92 Å². The van der Waals surface area contributed by atoms with Crippen LogP contribution in [0, 0.1) is 5.92 Å². The number of para-hydroxylation sites is 2.